The van der Waals surface area contributed by atoms with E-state index in [2.05, 4.69) is 0 Å². The molecule has 0 aliphatic carbocycles. The van der Waals surface area contributed by atoms with Crippen molar-refractivity contribution in [3.05, 3.63) is 35.4 Å². The van der Waals surface area contributed by atoms with Gasteiger partial charge in [0.05, 0.1) is 17.7 Å². The standard InChI is InChI=1S/C14H16N2O4/c1-9(12(18)15(2)7-8-17)16-13(19)10-5-3-4-6-11(10)14(16)20/h3-6,9,17H,7-8H2,1-2H3. The van der Waals surface area contributed by atoms with Gasteiger partial charge in [-0.1, -0.05) is 12.1 Å². The maximum atomic E-state index is 12.2. The van der Waals surface area contributed by atoms with E-state index in [0.717, 1.165) is 4.90 Å². The number of fused-ring (bicyclic) bond motifs is 1. The van der Waals surface area contributed by atoms with Crippen LogP contribution < -0.4 is 0 Å². The lowest BCUT2D eigenvalue weighted by atomic mass is 10.1. The zero-order valence-corrected chi connectivity index (χ0v) is 11.4. The Morgan fingerprint density at radius 1 is 1.25 bits per heavy atom. The van der Waals surface area contributed by atoms with Crippen LogP contribution in [-0.4, -0.2) is 58.9 Å². The van der Waals surface area contributed by atoms with Crippen LogP contribution in [0.2, 0.25) is 0 Å². The minimum absolute atomic E-state index is 0.159. The van der Waals surface area contributed by atoms with Crippen molar-refractivity contribution in [2.24, 2.45) is 0 Å². The SMILES string of the molecule is CC(C(=O)N(C)CCO)N1C(=O)c2ccccc2C1=O. The van der Waals surface area contributed by atoms with Gasteiger partial charge in [0, 0.05) is 13.6 Å². The molecule has 1 heterocycles. The van der Waals surface area contributed by atoms with Crippen molar-refractivity contribution < 1.29 is 19.5 Å². The summed E-state index contributed by atoms with van der Waals surface area (Å²) < 4.78 is 0. The normalized spacial score (nSPS) is 15.2. The first-order valence-corrected chi connectivity index (χ1v) is 6.31. The van der Waals surface area contributed by atoms with Gasteiger partial charge in [-0.2, -0.15) is 0 Å². The first-order chi connectivity index (χ1) is 9.49. The molecule has 0 bridgehead atoms. The molecule has 1 aliphatic rings. The molecule has 1 aromatic rings. The van der Waals surface area contributed by atoms with Gasteiger partial charge in [0.1, 0.15) is 6.04 Å². The van der Waals surface area contributed by atoms with E-state index in [9.17, 15) is 14.4 Å². The minimum Gasteiger partial charge on any atom is -0.395 e. The average molecular weight is 276 g/mol. The van der Waals surface area contributed by atoms with Crippen LogP contribution >= 0.6 is 0 Å². The summed E-state index contributed by atoms with van der Waals surface area (Å²) in [6.45, 7) is 1.50. The third-order valence-corrected chi connectivity index (χ3v) is 3.38. The summed E-state index contributed by atoms with van der Waals surface area (Å²) in [5, 5.41) is 8.84. The topological polar surface area (TPSA) is 77.9 Å². The number of aliphatic hydroxyl groups excluding tert-OH is 1. The summed E-state index contributed by atoms with van der Waals surface area (Å²) >= 11 is 0. The van der Waals surface area contributed by atoms with Gasteiger partial charge in [0.25, 0.3) is 11.8 Å². The van der Waals surface area contributed by atoms with Gasteiger partial charge in [-0.25, -0.2) is 0 Å². The second-order valence-corrected chi connectivity index (χ2v) is 4.69. The lowest BCUT2D eigenvalue weighted by Gasteiger charge is -2.26. The van der Waals surface area contributed by atoms with Crippen molar-refractivity contribution in [3.8, 4) is 0 Å². The number of nitrogens with zero attached hydrogens (tertiary/aromatic N) is 2. The number of benzene rings is 1. The van der Waals surface area contributed by atoms with E-state index in [1.807, 2.05) is 0 Å². The van der Waals surface area contributed by atoms with Crippen LogP contribution in [0.25, 0.3) is 0 Å². The molecule has 2 rings (SSSR count). The molecule has 1 N–H and O–H groups in total. The molecule has 0 saturated carbocycles. The molecule has 106 valence electrons. The fraction of sp³-hybridized carbons (Fsp3) is 0.357. The summed E-state index contributed by atoms with van der Waals surface area (Å²) in [5.41, 5.74) is 0.643. The molecule has 1 atom stereocenters. The quantitative estimate of drug-likeness (QED) is 0.792. The van der Waals surface area contributed by atoms with Crippen molar-refractivity contribution in [2.75, 3.05) is 20.2 Å². The van der Waals surface area contributed by atoms with Crippen LogP contribution in [0.1, 0.15) is 27.6 Å². The maximum Gasteiger partial charge on any atom is 0.262 e. The Morgan fingerprint density at radius 3 is 2.20 bits per heavy atom. The largest absolute Gasteiger partial charge is 0.395 e. The third-order valence-electron chi connectivity index (χ3n) is 3.38. The molecule has 6 heteroatoms. The average Bonchev–Trinajstić information content (AvgIpc) is 2.70. The Kier molecular flexibility index (Phi) is 3.85. The molecule has 0 spiro atoms. The highest BCUT2D eigenvalue weighted by Crippen LogP contribution is 2.24. The number of hydrogen-bond acceptors (Lipinski definition) is 4. The first kappa shape index (κ1) is 14.2. The number of carbonyl (C=O) groups excluding carboxylic acids is 3. The van der Waals surface area contributed by atoms with Crippen LogP contribution in [-0.2, 0) is 4.79 Å². The van der Waals surface area contributed by atoms with Crippen LogP contribution in [0.3, 0.4) is 0 Å². The van der Waals surface area contributed by atoms with Crippen LogP contribution in [0, 0.1) is 0 Å². The van der Waals surface area contributed by atoms with Crippen LogP contribution in [0.15, 0.2) is 24.3 Å². The summed E-state index contributed by atoms with van der Waals surface area (Å²) in [4.78, 5) is 38.8. The number of aliphatic hydroxyl groups is 1. The fourth-order valence-electron chi connectivity index (χ4n) is 2.25. The predicted octanol–water partition coefficient (Wildman–Crippen LogP) is 0.122. The maximum absolute atomic E-state index is 12.2. The molecule has 0 aromatic heterocycles. The van der Waals surface area contributed by atoms with Gasteiger partial charge in [0.2, 0.25) is 5.91 Å². The first-order valence-electron chi connectivity index (χ1n) is 6.31. The Morgan fingerprint density at radius 2 is 1.75 bits per heavy atom. The lowest BCUT2D eigenvalue weighted by Crippen LogP contribution is -2.48. The second-order valence-electron chi connectivity index (χ2n) is 4.69. The molecule has 1 aromatic carbocycles. The van der Waals surface area contributed by atoms with Crippen molar-refractivity contribution in [2.45, 2.75) is 13.0 Å². The van der Waals surface area contributed by atoms with E-state index in [1.54, 1.807) is 24.3 Å². The van der Waals surface area contributed by atoms with E-state index >= 15 is 0 Å². The van der Waals surface area contributed by atoms with Crippen LogP contribution in [0.4, 0.5) is 0 Å². The van der Waals surface area contributed by atoms with E-state index in [1.165, 1.54) is 18.9 Å². The molecule has 0 radical (unpaired) electrons. The van der Waals surface area contributed by atoms with Gasteiger partial charge in [0.15, 0.2) is 0 Å². The summed E-state index contributed by atoms with van der Waals surface area (Å²) in [6, 6.07) is 5.61. The smallest absolute Gasteiger partial charge is 0.262 e. The third kappa shape index (κ3) is 2.18. The van der Waals surface area contributed by atoms with Gasteiger partial charge in [-0.05, 0) is 19.1 Å². The zero-order chi connectivity index (χ0) is 14.9. The Bertz CT molecular complexity index is 535. The Labute approximate surface area is 116 Å². The van der Waals surface area contributed by atoms with Gasteiger partial charge in [-0.15, -0.1) is 0 Å². The van der Waals surface area contributed by atoms with Crippen LogP contribution in [0.5, 0.6) is 0 Å². The summed E-state index contributed by atoms with van der Waals surface area (Å²) in [6.07, 6.45) is 0. The number of rotatable bonds is 4. The van der Waals surface area contributed by atoms with E-state index in [0.29, 0.717) is 11.1 Å². The molecule has 0 saturated heterocycles. The highest BCUT2D eigenvalue weighted by Gasteiger charge is 2.41. The van der Waals surface area contributed by atoms with Gasteiger partial charge < -0.3 is 10.0 Å². The predicted molar refractivity (Wildman–Crippen MR) is 71.1 cm³/mol. The molecule has 6 nitrogen and oxygen atoms in total. The van der Waals surface area contributed by atoms with Crippen molar-refractivity contribution in [1.82, 2.24) is 9.80 Å². The zero-order valence-electron chi connectivity index (χ0n) is 11.4. The highest BCUT2D eigenvalue weighted by atomic mass is 16.3. The Balaban J connectivity index is 2.25. The van der Waals surface area contributed by atoms with Gasteiger partial charge >= 0.3 is 0 Å². The number of hydrogen-bond donors (Lipinski definition) is 1. The van der Waals surface area contributed by atoms with Crippen molar-refractivity contribution in [3.63, 3.8) is 0 Å². The molecular formula is C14H16N2O4. The molecule has 20 heavy (non-hydrogen) atoms. The molecule has 1 aliphatic heterocycles. The van der Waals surface area contributed by atoms with E-state index in [-0.39, 0.29) is 19.1 Å². The number of carbonyl (C=O) groups is 3. The monoisotopic (exact) mass is 276 g/mol. The van der Waals surface area contributed by atoms with E-state index in [4.69, 9.17) is 5.11 Å². The Hall–Kier alpha value is -2.21. The highest BCUT2D eigenvalue weighted by molar-refractivity contribution is 6.22. The molecule has 3 amide bonds. The van der Waals surface area contributed by atoms with Crippen molar-refractivity contribution in [1.29, 1.82) is 0 Å². The number of amides is 3. The minimum atomic E-state index is -0.890. The van der Waals surface area contributed by atoms with Gasteiger partial charge in [-0.3, -0.25) is 19.3 Å². The number of imide groups is 1. The molecule has 1 unspecified atom stereocenters. The number of likely N-dealkylation sites (N-methyl/N-ethyl adjacent to an activating group) is 1. The second kappa shape index (κ2) is 5.42. The summed E-state index contributed by atoms with van der Waals surface area (Å²) in [7, 11) is 1.52. The van der Waals surface area contributed by atoms with E-state index < -0.39 is 17.9 Å². The summed E-state index contributed by atoms with van der Waals surface area (Å²) in [5.74, 6) is -1.29. The lowest BCUT2D eigenvalue weighted by molar-refractivity contribution is -0.134. The van der Waals surface area contributed by atoms with Crippen molar-refractivity contribution >= 4 is 17.7 Å². The molecule has 0 fully saturated rings. The fourth-order valence-corrected chi connectivity index (χ4v) is 2.25. The molecular weight excluding hydrogens is 260 g/mol.